The van der Waals surface area contributed by atoms with Crippen LogP contribution in [0.25, 0.3) is 0 Å². The summed E-state index contributed by atoms with van der Waals surface area (Å²) in [5.74, 6) is 0.538. The topological polar surface area (TPSA) is 88.0 Å². The van der Waals surface area contributed by atoms with Crippen molar-refractivity contribution in [2.45, 2.75) is 31.9 Å². The first-order chi connectivity index (χ1) is 11.1. The van der Waals surface area contributed by atoms with Crippen molar-refractivity contribution >= 4 is 5.91 Å². The van der Waals surface area contributed by atoms with Gasteiger partial charge in [0.1, 0.15) is 6.61 Å². The molecule has 1 amide bonds. The maximum Gasteiger partial charge on any atom is 0.251 e. The van der Waals surface area contributed by atoms with E-state index < -0.39 is 18.1 Å². The number of ether oxygens (including phenoxy) is 2. The Morgan fingerprint density at radius 1 is 1.43 bits per heavy atom. The number of amides is 1. The number of hydrogen-bond acceptors (Lipinski definition) is 5. The summed E-state index contributed by atoms with van der Waals surface area (Å²) in [4.78, 5) is 12.3. The molecule has 0 aliphatic carbocycles. The molecule has 3 N–H and O–H groups in total. The van der Waals surface area contributed by atoms with E-state index in [1.54, 1.807) is 24.3 Å². The predicted molar refractivity (Wildman–Crippen MR) is 87.9 cm³/mol. The normalized spacial score (nSPS) is 13.0. The van der Waals surface area contributed by atoms with Gasteiger partial charge in [0.15, 0.2) is 11.5 Å². The minimum Gasteiger partial charge on any atom is -0.493 e. The molecule has 6 heteroatoms. The van der Waals surface area contributed by atoms with Crippen LogP contribution in [0.1, 0.15) is 30.1 Å². The van der Waals surface area contributed by atoms with Crippen molar-refractivity contribution in [2.24, 2.45) is 0 Å². The molecule has 6 nitrogen and oxygen atoms in total. The fraction of sp³-hybridized carbons (Fsp3) is 0.471. The number of rotatable bonds is 10. The summed E-state index contributed by atoms with van der Waals surface area (Å²) in [7, 11) is 1.49. The molecule has 1 aromatic carbocycles. The van der Waals surface area contributed by atoms with Gasteiger partial charge in [-0.15, -0.1) is 0 Å². The van der Waals surface area contributed by atoms with Crippen LogP contribution < -0.4 is 14.8 Å². The number of carbonyl (C=O) groups is 1. The fourth-order valence-electron chi connectivity index (χ4n) is 2.09. The number of aliphatic hydroxyl groups excluding tert-OH is 2. The van der Waals surface area contributed by atoms with Gasteiger partial charge in [0.2, 0.25) is 0 Å². The van der Waals surface area contributed by atoms with E-state index in [-0.39, 0.29) is 6.61 Å². The quantitative estimate of drug-likeness (QED) is 0.568. The largest absolute Gasteiger partial charge is 0.493 e. The third-order valence-corrected chi connectivity index (χ3v) is 3.34. The van der Waals surface area contributed by atoms with Crippen LogP contribution in [0.15, 0.2) is 30.9 Å². The number of carbonyl (C=O) groups excluding carboxylic acids is 1. The first-order valence-corrected chi connectivity index (χ1v) is 7.58. The fourth-order valence-corrected chi connectivity index (χ4v) is 2.09. The second kappa shape index (κ2) is 9.86. The number of benzene rings is 1. The highest BCUT2D eigenvalue weighted by Crippen LogP contribution is 2.28. The van der Waals surface area contributed by atoms with E-state index in [1.807, 2.05) is 6.92 Å². The molecule has 0 unspecified atom stereocenters. The average molecular weight is 323 g/mol. The summed E-state index contributed by atoms with van der Waals surface area (Å²) in [5, 5.41) is 21.9. The smallest absolute Gasteiger partial charge is 0.251 e. The Kier molecular flexibility index (Phi) is 8.15. The van der Waals surface area contributed by atoms with E-state index in [1.165, 1.54) is 7.11 Å². The minimum absolute atomic E-state index is 0.329. The van der Waals surface area contributed by atoms with Gasteiger partial charge in [0, 0.05) is 5.56 Å². The van der Waals surface area contributed by atoms with Crippen molar-refractivity contribution in [1.29, 1.82) is 0 Å². The van der Waals surface area contributed by atoms with E-state index >= 15 is 0 Å². The molecule has 0 spiro atoms. The Morgan fingerprint density at radius 3 is 2.74 bits per heavy atom. The molecule has 0 heterocycles. The maximum atomic E-state index is 12.3. The Hall–Kier alpha value is -2.05. The van der Waals surface area contributed by atoms with Crippen molar-refractivity contribution in [3.05, 3.63) is 36.4 Å². The van der Waals surface area contributed by atoms with E-state index in [4.69, 9.17) is 9.47 Å². The lowest BCUT2D eigenvalue weighted by molar-refractivity contribution is 0.0669. The molecule has 0 fully saturated rings. The summed E-state index contributed by atoms with van der Waals surface area (Å²) in [5.41, 5.74) is 0.356. The van der Waals surface area contributed by atoms with E-state index in [0.717, 1.165) is 6.42 Å². The van der Waals surface area contributed by atoms with Crippen molar-refractivity contribution in [3.8, 4) is 11.5 Å². The molecule has 0 aliphatic heterocycles. The minimum atomic E-state index is -0.786. The molecule has 0 saturated carbocycles. The van der Waals surface area contributed by atoms with Crippen molar-refractivity contribution in [3.63, 3.8) is 0 Å². The first-order valence-electron chi connectivity index (χ1n) is 7.58. The Morgan fingerprint density at radius 2 is 2.17 bits per heavy atom. The molecule has 0 aliphatic rings. The second-order valence-corrected chi connectivity index (χ2v) is 5.08. The number of nitrogens with one attached hydrogen (secondary N) is 1. The Bertz CT molecular complexity index is 518. The van der Waals surface area contributed by atoms with Crippen LogP contribution in [0.2, 0.25) is 0 Å². The van der Waals surface area contributed by atoms with Gasteiger partial charge in [0.05, 0.1) is 25.9 Å². The summed E-state index contributed by atoms with van der Waals surface area (Å²) in [6.45, 7) is 5.50. The number of aliphatic hydroxyl groups is 2. The maximum absolute atomic E-state index is 12.3. The van der Waals surface area contributed by atoms with E-state index in [0.29, 0.717) is 30.1 Å². The molecule has 1 aromatic rings. The standard InChI is InChI=1S/C17H25NO5/c1-4-6-14(20)13(11-19)18-17(21)12-7-8-15(23-9-5-2)16(10-12)22-3/h5,7-8,10,13-14,19-20H,2,4,6,9,11H2,1,3H3,(H,18,21)/t13-,14-/m0/s1. The van der Waals surface area contributed by atoms with E-state index in [9.17, 15) is 15.0 Å². The van der Waals surface area contributed by atoms with Gasteiger partial charge in [-0.3, -0.25) is 4.79 Å². The summed E-state index contributed by atoms with van der Waals surface area (Å²) in [6.07, 6.45) is 2.09. The SMILES string of the molecule is C=CCOc1ccc(C(=O)N[C@@H](CO)[C@@H](O)CCC)cc1OC. The van der Waals surface area contributed by atoms with Crippen LogP contribution in [0.4, 0.5) is 0 Å². The van der Waals surface area contributed by atoms with Crippen LogP contribution in [0.3, 0.4) is 0 Å². The molecule has 128 valence electrons. The molecule has 23 heavy (non-hydrogen) atoms. The summed E-state index contributed by atoms with van der Waals surface area (Å²) < 4.78 is 10.6. The zero-order chi connectivity index (χ0) is 17.2. The van der Waals surface area contributed by atoms with Crippen molar-refractivity contribution in [1.82, 2.24) is 5.32 Å². The summed E-state index contributed by atoms with van der Waals surface area (Å²) >= 11 is 0. The van der Waals surface area contributed by atoms with Gasteiger partial charge < -0.3 is 25.0 Å². The Labute approximate surface area is 136 Å². The summed E-state index contributed by atoms with van der Waals surface area (Å²) in [6, 6.07) is 4.07. The second-order valence-electron chi connectivity index (χ2n) is 5.08. The number of methoxy groups -OCH3 is 1. The lowest BCUT2D eigenvalue weighted by Gasteiger charge is -2.22. The molecule has 1 rings (SSSR count). The molecule has 0 aromatic heterocycles. The van der Waals surface area contributed by atoms with Crippen LogP contribution in [0.5, 0.6) is 11.5 Å². The zero-order valence-electron chi connectivity index (χ0n) is 13.6. The highest BCUT2D eigenvalue weighted by atomic mass is 16.5. The van der Waals surface area contributed by atoms with Gasteiger partial charge in [-0.1, -0.05) is 26.0 Å². The molecule has 0 saturated heterocycles. The lowest BCUT2D eigenvalue weighted by Crippen LogP contribution is -2.45. The molecule has 0 bridgehead atoms. The Balaban J connectivity index is 2.84. The van der Waals surface area contributed by atoms with Crippen LogP contribution in [0, 0.1) is 0 Å². The monoisotopic (exact) mass is 323 g/mol. The van der Waals surface area contributed by atoms with Crippen molar-refractivity contribution < 1.29 is 24.5 Å². The van der Waals surface area contributed by atoms with E-state index in [2.05, 4.69) is 11.9 Å². The highest BCUT2D eigenvalue weighted by Gasteiger charge is 2.21. The first kappa shape index (κ1) is 19.0. The third kappa shape index (κ3) is 5.58. The highest BCUT2D eigenvalue weighted by molar-refractivity contribution is 5.95. The molecular formula is C17H25NO5. The van der Waals surface area contributed by atoms with Gasteiger partial charge in [-0.25, -0.2) is 0 Å². The van der Waals surface area contributed by atoms with Gasteiger partial charge in [-0.2, -0.15) is 0 Å². The van der Waals surface area contributed by atoms with Gasteiger partial charge in [0.25, 0.3) is 5.91 Å². The van der Waals surface area contributed by atoms with Crippen LogP contribution in [-0.4, -0.2) is 48.6 Å². The van der Waals surface area contributed by atoms with Gasteiger partial charge in [-0.05, 0) is 24.6 Å². The molecular weight excluding hydrogens is 298 g/mol. The predicted octanol–water partition coefficient (Wildman–Crippen LogP) is 1.51. The van der Waals surface area contributed by atoms with Gasteiger partial charge >= 0.3 is 0 Å². The zero-order valence-corrected chi connectivity index (χ0v) is 13.6. The lowest BCUT2D eigenvalue weighted by atomic mass is 10.1. The average Bonchev–Trinajstić information content (AvgIpc) is 2.57. The number of hydrogen-bond donors (Lipinski definition) is 3. The van der Waals surface area contributed by atoms with Crippen molar-refractivity contribution in [2.75, 3.05) is 20.3 Å². The van der Waals surface area contributed by atoms with Crippen LogP contribution >= 0.6 is 0 Å². The third-order valence-electron chi connectivity index (χ3n) is 3.34. The van der Waals surface area contributed by atoms with Crippen LogP contribution in [-0.2, 0) is 0 Å². The molecule has 0 radical (unpaired) electrons. The molecule has 2 atom stereocenters.